The highest BCUT2D eigenvalue weighted by atomic mass is 32.2. The zero-order valence-corrected chi connectivity index (χ0v) is 11.1. The van der Waals surface area contributed by atoms with E-state index in [4.69, 9.17) is 0 Å². The van der Waals surface area contributed by atoms with Crippen LogP contribution in [-0.2, 0) is 6.18 Å². The van der Waals surface area contributed by atoms with Crippen LogP contribution in [0.5, 0.6) is 0 Å². The minimum atomic E-state index is -4.54. The molecule has 0 aliphatic heterocycles. The molecule has 2 aromatic heterocycles. The molecule has 0 spiro atoms. The van der Waals surface area contributed by atoms with E-state index in [0.717, 1.165) is 22.3 Å². The highest BCUT2D eigenvalue weighted by Gasteiger charge is 2.35. The Hall–Kier alpha value is -2.09. The van der Waals surface area contributed by atoms with Crippen LogP contribution in [0.2, 0.25) is 0 Å². The Morgan fingerprint density at radius 2 is 1.76 bits per heavy atom. The van der Waals surface area contributed by atoms with Crippen LogP contribution < -0.4 is 0 Å². The van der Waals surface area contributed by atoms with Crippen molar-refractivity contribution in [3.8, 4) is 0 Å². The first-order chi connectivity index (χ1) is 9.93. The maximum absolute atomic E-state index is 13.0. The smallest absolute Gasteiger partial charge is 0.222 e. The van der Waals surface area contributed by atoms with Crippen molar-refractivity contribution < 1.29 is 17.6 Å². The summed E-state index contributed by atoms with van der Waals surface area (Å²) >= 11 is 1.03. The van der Waals surface area contributed by atoms with Crippen molar-refractivity contribution in [3.05, 3.63) is 54.1 Å². The van der Waals surface area contributed by atoms with E-state index in [-0.39, 0.29) is 10.7 Å². The summed E-state index contributed by atoms with van der Waals surface area (Å²) in [7, 11) is 0. The molecule has 3 aromatic rings. The third-order valence-corrected chi connectivity index (χ3v) is 3.59. The van der Waals surface area contributed by atoms with Gasteiger partial charge in [0.05, 0.1) is 6.20 Å². The highest BCUT2D eigenvalue weighted by molar-refractivity contribution is 7.99. The van der Waals surface area contributed by atoms with E-state index in [9.17, 15) is 17.6 Å². The van der Waals surface area contributed by atoms with Crippen LogP contribution in [0.1, 0.15) is 5.69 Å². The first kappa shape index (κ1) is 13.9. The van der Waals surface area contributed by atoms with Crippen molar-refractivity contribution in [3.63, 3.8) is 0 Å². The molecule has 0 unspecified atom stereocenters. The van der Waals surface area contributed by atoms with Crippen LogP contribution in [0.4, 0.5) is 17.6 Å². The highest BCUT2D eigenvalue weighted by Crippen LogP contribution is 2.33. The molecule has 0 N–H and O–H groups in total. The molecule has 2 heterocycles. The van der Waals surface area contributed by atoms with E-state index < -0.39 is 17.7 Å². The number of nitrogens with zero attached hydrogens (tertiary/aromatic N) is 3. The van der Waals surface area contributed by atoms with Gasteiger partial charge < -0.3 is 0 Å². The van der Waals surface area contributed by atoms with Gasteiger partial charge in [-0.2, -0.15) is 18.3 Å². The normalized spacial score (nSPS) is 12.0. The number of hydrogen-bond acceptors (Lipinski definition) is 3. The number of hydrogen-bond donors (Lipinski definition) is 0. The summed E-state index contributed by atoms with van der Waals surface area (Å²) in [6.45, 7) is 0. The van der Waals surface area contributed by atoms with Gasteiger partial charge in [-0.25, -0.2) is 13.9 Å². The zero-order chi connectivity index (χ0) is 15.0. The molecule has 0 amide bonds. The predicted molar refractivity (Wildman–Crippen MR) is 68.5 cm³/mol. The molecule has 0 aliphatic carbocycles. The van der Waals surface area contributed by atoms with Crippen LogP contribution in [0, 0.1) is 5.82 Å². The Balaban J connectivity index is 2.05. The minimum Gasteiger partial charge on any atom is -0.222 e. The molecule has 0 atom stereocenters. The lowest BCUT2D eigenvalue weighted by atomic mass is 10.3. The van der Waals surface area contributed by atoms with Gasteiger partial charge in [-0.05, 0) is 24.3 Å². The predicted octanol–water partition coefficient (Wildman–Crippen LogP) is 4.04. The summed E-state index contributed by atoms with van der Waals surface area (Å²) in [6.07, 6.45) is -3.28. The second-order valence-electron chi connectivity index (χ2n) is 4.13. The van der Waals surface area contributed by atoms with Gasteiger partial charge in [-0.15, -0.1) is 0 Å². The topological polar surface area (TPSA) is 30.2 Å². The lowest BCUT2D eigenvalue weighted by molar-refractivity contribution is -0.142. The molecule has 21 heavy (non-hydrogen) atoms. The quantitative estimate of drug-likeness (QED) is 0.528. The summed E-state index contributed by atoms with van der Waals surface area (Å²) in [5.41, 5.74) is -0.795. The number of alkyl halides is 3. The third kappa shape index (κ3) is 2.85. The summed E-state index contributed by atoms with van der Waals surface area (Å²) in [6, 6.07) is 7.76. The molecular weight excluding hydrogens is 306 g/mol. The van der Waals surface area contributed by atoms with Crippen molar-refractivity contribution in [2.45, 2.75) is 16.1 Å². The maximum atomic E-state index is 13.0. The minimum absolute atomic E-state index is 0.106. The molecule has 0 fully saturated rings. The zero-order valence-electron chi connectivity index (χ0n) is 10.3. The Bertz CT molecular complexity index is 780. The SMILES string of the molecule is Fc1ccc(Sc2cc(C(F)(F)F)n3nccc3n2)cc1. The van der Waals surface area contributed by atoms with Crippen molar-refractivity contribution in [2.75, 3.05) is 0 Å². The maximum Gasteiger partial charge on any atom is 0.433 e. The fourth-order valence-electron chi connectivity index (χ4n) is 1.77. The van der Waals surface area contributed by atoms with Gasteiger partial charge in [0.15, 0.2) is 11.3 Å². The van der Waals surface area contributed by atoms with Gasteiger partial charge in [0.1, 0.15) is 10.8 Å². The molecule has 0 aliphatic rings. The Labute approximate surface area is 120 Å². The second kappa shape index (κ2) is 5.03. The molecule has 0 saturated carbocycles. The van der Waals surface area contributed by atoms with E-state index in [2.05, 4.69) is 10.1 Å². The Morgan fingerprint density at radius 1 is 1.05 bits per heavy atom. The summed E-state index contributed by atoms with van der Waals surface area (Å²) < 4.78 is 52.6. The van der Waals surface area contributed by atoms with Crippen molar-refractivity contribution in [1.82, 2.24) is 14.6 Å². The van der Waals surface area contributed by atoms with Gasteiger partial charge in [0.2, 0.25) is 0 Å². The lowest BCUT2D eigenvalue weighted by Gasteiger charge is -2.10. The number of rotatable bonds is 2. The standard InChI is InChI=1S/C13H7F4N3S/c14-8-1-3-9(4-2-8)21-12-7-10(13(15,16)17)20-11(19-12)5-6-18-20/h1-7H. The molecule has 3 rings (SSSR count). The number of halogens is 4. The fraction of sp³-hybridized carbons (Fsp3) is 0.0769. The van der Waals surface area contributed by atoms with E-state index in [1.807, 2.05) is 0 Å². The molecule has 0 radical (unpaired) electrons. The van der Waals surface area contributed by atoms with Gasteiger partial charge >= 0.3 is 6.18 Å². The molecule has 0 bridgehead atoms. The van der Waals surface area contributed by atoms with Crippen LogP contribution in [0.3, 0.4) is 0 Å². The average Bonchev–Trinajstić information content (AvgIpc) is 2.87. The van der Waals surface area contributed by atoms with Crippen molar-refractivity contribution in [1.29, 1.82) is 0 Å². The largest absolute Gasteiger partial charge is 0.433 e. The van der Waals surface area contributed by atoms with Gasteiger partial charge in [0, 0.05) is 17.0 Å². The van der Waals surface area contributed by atoms with E-state index in [1.54, 1.807) is 0 Å². The number of fused-ring (bicyclic) bond motifs is 1. The first-order valence-corrected chi connectivity index (χ1v) is 6.60. The Morgan fingerprint density at radius 3 is 2.43 bits per heavy atom. The number of aromatic nitrogens is 3. The number of benzene rings is 1. The summed E-state index contributed by atoms with van der Waals surface area (Å²) in [5, 5.41) is 3.79. The Kier molecular flexibility index (Phi) is 3.32. The lowest BCUT2D eigenvalue weighted by Crippen LogP contribution is -2.13. The second-order valence-corrected chi connectivity index (χ2v) is 5.23. The molecule has 108 valence electrons. The van der Waals surface area contributed by atoms with Crippen molar-refractivity contribution >= 4 is 17.4 Å². The fourth-order valence-corrected chi connectivity index (χ4v) is 2.59. The molecule has 1 aromatic carbocycles. The van der Waals surface area contributed by atoms with Crippen LogP contribution >= 0.6 is 11.8 Å². The van der Waals surface area contributed by atoms with E-state index >= 15 is 0 Å². The molecule has 3 nitrogen and oxygen atoms in total. The van der Waals surface area contributed by atoms with Gasteiger partial charge in [-0.1, -0.05) is 11.8 Å². The van der Waals surface area contributed by atoms with Crippen LogP contribution in [0.15, 0.2) is 52.5 Å². The molecule has 0 saturated heterocycles. The van der Waals surface area contributed by atoms with E-state index in [0.29, 0.717) is 4.90 Å². The molecule has 8 heteroatoms. The van der Waals surface area contributed by atoms with Crippen LogP contribution in [-0.4, -0.2) is 14.6 Å². The average molecular weight is 313 g/mol. The van der Waals surface area contributed by atoms with Crippen molar-refractivity contribution in [2.24, 2.45) is 0 Å². The van der Waals surface area contributed by atoms with Gasteiger partial charge in [0.25, 0.3) is 0 Å². The third-order valence-electron chi connectivity index (χ3n) is 2.66. The van der Waals surface area contributed by atoms with Gasteiger partial charge in [-0.3, -0.25) is 0 Å². The summed E-state index contributed by atoms with van der Waals surface area (Å²) in [5.74, 6) is -0.408. The summed E-state index contributed by atoms with van der Waals surface area (Å²) in [4.78, 5) is 4.69. The first-order valence-electron chi connectivity index (χ1n) is 5.79. The monoisotopic (exact) mass is 313 g/mol. The molecular formula is C13H7F4N3S. The van der Waals surface area contributed by atoms with Crippen LogP contribution in [0.25, 0.3) is 5.65 Å². The van der Waals surface area contributed by atoms with E-state index in [1.165, 1.54) is 36.5 Å².